The number of aliphatic hydroxyl groups is 1. The Morgan fingerprint density at radius 3 is 2.19 bits per heavy atom. The molecule has 2 aromatic rings. The van der Waals surface area contributed by atoms with E-state index in [0.29, 0.717) is 30.2 Å². The lowest BCUT2D eigenvalue weighted by atomic mass is 9.78. The van der Waals surface area contributed by atoms with Crippen molar-refractivity contribution in [3.8, 4) is 0 Å². The Kier molecular flexibility index (Phi) is 14.8. The molecule has 5 rings (SSSR count). The standard InChI is InChI=1S/C33H42N6O7S.C7H14/c1-20(40)47-31(45)28(42)33(13-7-4-8-14-33)37-30(44)25-16-24(39(35)26(17-34)32(2,3)46)19-38(25)27(41)18-36-29(43)23-12-11-21-9-5-6-10-22(21)15-23;1-7-5-3-2-4-6-7/h5-6,9-12,15,17,24-25,46H,4,7-8,13-14,16,18-19,34-35H2,1-3H3,(H,36,43)(H,37,44);7H,2-6H2,1H3/b26-17-;. The number of ketones is 1. The average Bonchev–Trinajstić information content (AvgIpc) is 3.60. The Bertz CT molecular complexity index is 1730. The maximum atomic E-state index is 14.0. The maximum absolute atomic E-state index is 14.0. The number of nitrogens with one attached hydrogen (secondary N) is 2. The van der Waals surface area contributed by atoms with Crippen LogP contribution < -0.4 is 22.2 Å². The van der Waals surface area contributed by atoms with Crippen LogP contribution in [-0.2, 0) is 24.0 Å². The number of fused-ring (bicyclic) bond motifs is 1. The molecule has 1 saturated heterocycles. The van der Waals surface area contributed by atoms with E-state index in [-0.39, 0.29) is 31.5 Å². The number of hydrogen-bond donors (Lipinski definition) is 5. The quantitative estimate of drug-likeness (QED) is 0.133. The number of likely N-dealkylation sites (tertiary alicyclic amines) is 1. The highest BCUT2D eigenvalue weighted by Crippen LogP contribution is 2.33. The van der Waals surface area contributed by atoms with E-state index in [1.54, 1.807) is 18.2 Å². The number of nitrogens with zero attached hydrogens (tertiary/aromatic N) is 2. The molecule has 13 nitrogen and oxygen atoms in total. The fourth-order valence-corrected chi connectivity index (χ4v) is 8.14. The first-order chi connectivity index (χ1) is 25.6. The number of hydrazine groups is 1. The number of hydrogen-bond acceptors (Lipinski definition) is 11. The molecular weight excluding hydrogens is 709 g/mol. The third-order valence-electron chi connectivity index (χ3n) is 10.6. The Morgan fingerprint density at radius 2 is 1.61 bits per heavy atom. The van der Waals surface area contributed by atoms with E-state index >= 15 is 0 Å². The van der Waals surface area contributed by atoms with Crippen molar-refractivity contribution in [2.24, 2.45) is 17.5 Å². The van der Waals surface area contributed by atoms with Gasteiger partial charge in [-0.1, -0.05) is 88.6 Å². The minimum absolute atomic E-state index is 0.000523. The number of carbonyl (C=O) groups is 6. The zero-order valence-electron chi connectivity index (χ0n) is 31.9. The molecule has 0 aromatic heterocycles. The van der Waals surface area contributed by atoms with E-state index in [4.69, 9.17) is 11.6 Å². The van der Waals surface area contributed by atoms with Crippen LogP contribution in [0.3, 0.4) is 0 Å². The van der Waals surface area contributed by atoms with Gasteiger partial charge >= 0.3 is 0 Å². The van der Waals surface area contributed by atoms with Crippen molar-refractivity contribution in [1.82, 2.24) is 20.5 Å². The van der Waals surface area contributed by atoms with E-state index < -0.39 is 63.5 Å². The lowest BCUT2D eigenvalue weighted by molar-refractivity contribution is -0.143. The first-order valence-corrected chi connectivity index (χ1v) is 19.7. The highest BCUT2D eigenvalue weighted by Gasteiger charge is 2.49. The lowest BCUT2D eigenvalue weighted by Crippen LogP contribution is -2.61. The summed E-state index contributed by atoms with van der Waals surface area (Å²) in [6.45, 7) is 6.02. The molecule has 1 heterocycles. The maximum Gasteiger partial charge on any atom is 0.265 e. The summed E-state index contributed by atoms with van der Waals surface area (Å²) in [5.74, 6) is 4.82. The van der Waals surface area contributed by atoms with Crippen molar-refractivity contribution in [2.75, 3.05) is 13.1 Å². The van der Waals surface area contributed by atoms with Crippen molar-refractivity contribution in [2.45, 2.75) is 122 Å². The van der Waals surface area contributed by atoms with Crippen molar-refractivity contribution in [3.05, 3.63) is 59.9 Å². The van der Waals surface area contributed by atoms with Crippen LogP contribution in [0.4, 0.5) is 0 Å². The van der Waals surface area contributed by atoms with Gasteiger partial charge < -0.3 is 31.4 Å². The largest absolute Gasteiger partial charge is 0.403 e. The van der Waals surface area contributed by atoms with Gasteiger partial charge in [-0.15, -0.1) is 0 Å². The van der Waals surface area contributed by atoms with Crippen LogP contribution in [0.1, 0.15) is 109 Å². The van der Waals surface area contributed by atoms with Crippen LogP contribution >= 0.6 is 11.8 Å². The van der Waals surface area contributed by atoms with Crippen molar-refractivity contribution < 1.29 is 33.9 Å². The van der Waals surface area contributed by atoms with E-state index in [2.05, 4.69) is 17.6 Å². The molecule has 2 aromatic carbocycles. The van der Waals surface area contributed by atoms with Gasteiger partial charge in [0, 0.05) is 31.7 Å². The van der Waals surface area contributed by atoms with E-state index in [0.717, 1.165) is 29.3 Å². The van der Waals surface area contributed by atoms with Crippen LogP contribution in [0.5, 0.6) is 0 Å². The summed E-state index contributed by atoms with van der Waals surface area (Å²) in [6, 6.07) is 10.9. The Labute approximate surface area is 322 Å². The highest BCUT2D eigenvalue weighted by molar-refractivity contribution is 8.27. The van der Waals surface area contributed by atoms with Crippen molar-refractivity contribution in [1.29, 1.82) is 0 Å². The molecule has 14 heteroatoms. The van der Waals surface area contributed by atoms with Crippen LogP contribution in [0, 0.1) is 5.92 Å². The normalized spacial score (nSPS) is 20.3. The minimum Gasteiger partial charge on any atom is -0.403 e. The van der Waals surface area contributed by atoms with Gasteiger partial charge in [0.25, 0.3) is 11.0 Å². The fourth-order valence-electron chi connectivity index (χ4n) is 7.59. The zero-order valence-corrected chi connectivity index (χ0v) is 32.7. The molecule has 0 spiro atoms. The fraction of sp³-hybridized carbons (Fsp3) is 0.550. The summed E-state index contributed by atoms with van der Waals surface area (Å²) in [5, 5.41) is 17.6. The zero-order chi connectivity index (χ0) is 39.6. The smallest absolute Gasteiger partial charge is 0.265 e. The Morgan fingerprint density at radius 1 is 0.981 bits per heavy atom. The second kappa shape index (κ2) is 18.9. The number of rotatable bonds is 10. The van der Waals surface area contributed by atoms with Crippen LogP contribution in [0.15, 0.2) is 54.4 Å². The minimum atomic E-state index is -1.52. The first kappa shape index (κ1) is 42.5. The summed E-state index contributed by atoms with van der Waals surface area (Å²) in [6.07, 6.45) is 11.0. The van der Waals surface area contributed by atoms with Crippen molar-refractivity contribution in [3.63, 3.8) is 0 Å². The molecule has 7 N–H and O–H groups in total. The van der Waals surface area contributed by atoms with Crippen LogP contribution in [-0.4, -0.2) is 85.1 Å². The van der Waals surface area contributed by atoms with E-state index in [9.17, 15) is 33.9 Å². The molecule has 54 heavy (non-hydrogen) atoms. The molecular formula is C40H56N6O7S. The van der Waals surface area contributed by atoms with E-state index in [1.165, 1.54) is 62.8 Å². The summed E-state index contributed by atoms with van der Waals surface area (Å²) in [7, 11) is 0. The molecule has 3 amide bonds. The Balaban J connectivity index is 0.000000831. The van der Waals surface area contributed by atoms with Crippen LogP contribution in [0.25, 0.3) is 10.8 Å². The van der Waals surface area contributed by atoms with Gasteiger partial charge in [-0.05, 0) is 67.3 Å². The average molecular weight is 765 g/mol. The number of Topliss-reactive ketones (excluding diaryl/α,β-unsaturated/α-hetero) is 1. The molecule has 3 aliphatic rings. The summed E-state index contributed by atoms with van der Waals surface area (Å²) in [4.78, 5) is 79.6. The third kappa shape index (κ3) is 10.9. The number of carbonyl (C=O) groups excluding carboxylic acids is 6. The Hall–Kier alpha value is -4.27. The summed E-state index contributed by atoms with van der Waals surface area (Å²) in [5.41, 5.74) is 3.32. The van der Waals surface area contributed by atoms with Gasteiger partial charge in [0.05, 0.1) is 18.3 Å². The SMILES string of the molecule is CC(=O)SC(=O)C(=O)C1(NC(=O)C2CC(N(N)/C(=C\N)C(C)(C)O)CN2C(=O)CNC(=O)c2ccc3ccccc3c2)CCCCC1.CC1CCCCC1. The van der Waals surface area contributed by atoms with Gasteiger partial charge in [-0.3, -0.25) is 28.8 Å². The second-order valence-electron chi connectivity index (χ2n) is 15.3. The van der Waals surface area contributed by atoms with Gasteiger partial charge in [-0.25, -0.2) is 5.84 Å². The second-order valence-corrected chi connectivity index (χ2v) is 16.4. The topological polar surface area (TPSA) is 205 Å². The molecule has 294 valence electrons. The molecule has 0 bridgehead atoms. The summed E-state index contributed by atoms with van der Waals surface area (Å²) < 4.78 is 0. The number of thioether (sulfide) groups is 1. The number of benzene rings is 2. The van der Waals surface area contributed by atoms with E-state index in [1.807, 2.05) is 24.3 Å². The molecule has 0 radical (unpaired) electrons. The van der Waals surface area contributed by atoms with Gasteiger partial charge in [0.1, 0.15) is 17.2 Å². The summed E-state index contributed by atoms with van der Waals surface area (Å²) >= 11 is 0.291. The molecule has 2 atom stereocenters. The van der Waals surface area contributed by atoms with Gasteiger partial charge in [0.15, 0.2) is 5.12 Å². The molecule has 2 unspecified atom stereocenters. The third-order valence-corrected chi connectivity index (χ3v) is 11.2. The predicted molar refractivity (Wildman–Crippen MR) is 209 cm³/mol. The first-order valence-electron chi connectivity index (χ1n) is 18.9. The van der Waals surface area contributed by atoms with Gasteiger partial charge in [-0.2, -0.15) is 0 Å². The highest BCUT2D eigenvalue weighted by atomic mass is 32.2. The molecule has 1 aliphatic heterocycles. The molecule has 3 fully saturated rings. The van der Waals surface area contributed by atoms with Crippen molar-refractivity contribution >= 4 is 56.3 Å². The predicted octanol–water partition coefficient (Wildman–Crippen LogP) is 4.07. The monoisotopic (exact) mass is 764 g/mol. The van der Waals surface area contributed by atoms with Gasteiger partial charge in [0.2, 0.25) is 17.6 Å². The number of amides is 3. The molecule has 2 saturated carbocycles. The lowest BCUT2D eigenvalue weighted by Gasteiger charge is -2.37. The van der Waals surface area contributed by atoms with Crippen LogP contribution in [0.2, 0.25) is 0 Å². The molecule has 2 aliphatic carbocycles. The number of nitrogens with two attached hydrogens (primary N) is 2.